The number of carbonyl (C=O) groups is 1. The van der Waals surface area contributed by atoms with Crippen LogP contribution in [0.25, 0.3) is 10.8 Å². The summed E-state index contributed by atoms with van der Waals surface area (Å²) in [7, 11) is 0. The van der Waals surface area contributed by atoms with Crippen LogP contribution in [0.4, 0.5) is 0 Å². The smallest absolute Gasteiger partial charge is 0.272 e. The predicted molar refractivity (Wildman–Crippen MR) is 83.7 cm³/mol. The molecule has 1 aromatic carbocycles. The Bertz CT molecular complexity index is 913. The zero-order valence-corrected chi connectivity index (χ0v) is 12.8. The van der Waals surface area contributed by atoms with E-state index in [1.807, 2.05) is 6.07 Å². The first-order valence-corrected chi connectivity index (χ1v) is 7.19. The number of rotatable bonds is 4. The quantitative estimate of drug-likeness (QED) is 0.658. The van der Waals surface area contributed by atoms with E-state index in [1.54, 1.807) is 32.0 Å². The third-order valence-corrected chi connectivity index (χ3v) is 3.59. The van der Waals surface area contributed by atoms with Crippen LogP contribution < -0.4 is 10.9 Å². The molecule has 2 heterocycles. The largest absolute Gasteiger partial charge is 0.348 e. The average Bonchev–Trinajstić information content (AvgIpc) is 2.98. The number of hydrogen-bond donors (Lipinski definition) is 3. The Hall–Kier alpha value is -3.03. The lowest BCUT2D eigenvalue weighted by molar-refractivity contribution is -0.122. The van der Waals surface area contributed by atoms with E-state index in [9.17, 15) is 9.59 Å². The molecule has 3 aromatic rings. The van der Waals surface area contributed by atoms with Gasteiger partial charge in [-0.2, -0.15) is 10.2 Å². The SMILES string of the molecule is Cc1nc(CNC(=O)C(C)c2n[nH]c(=O)c3ccccc23)n[nH]1. The molecular formula is C15H16N6O2. The first-order valence-electron chi connectivity index (χ1n) is 7.19. The molecule has 0 aliphatic heterocycles. The molecule has 0 spiro atoms. The number of amides is 1. The molecular weight excluding hydrogens is 296 g/mol. The van der Waals surface area contributed by atoms with Gasteiger partial charge in [0.1, 0.15) is 5.82 Å². The third-order valence-electron chi connectivity index (χ3n) is 3.59. The monoisotopic (exact) mass is 312 g/mol. The summed E-state index contributed by atoms with van der Waals surface area (Å²) in [5.74, 6) is 0.479. The zero-order chi connectivity index (χ0) is 16.4. The lowest BCUT2D eigenvalue weighted by Gasteiger charge is -2.12. The van der Waals surface area contributed by atoms with Crippen LogP contribution in [0.1, 0.15) is 30.2 Å². The van der Waals surface area contributed by atoms with E-state index in [0.717, 1.165) is 0 Å². The van der Waals surface area contributed by atoms with Crippen LogP contribution in [0, 0.1) is 6.92 Å². The van der Waals surface area contributed by atoms with Gasteiger partial charge in [0.15, 0.2) is 5.82 Å². The van der Waals surface area contributed by atoms with Gasteiger partial charge >= 0.3 is 0 Å². The van der Waals surface area contributed by atoms with Gasteiger partial charge in [-0.1, -0.05) is 18.2 Å². The summed E-state index contributed by atoms with van der Waals surface area (Å²) in [6.07, 6.45) is 0. The van der Waals surface area contributed by atoms with Crippen molar-refractivity contribution in [1.29, 1.82) is 0 Å². The molecule has 2 aromatic heterocycles. The van der Waals surface area contributed by atoms with E-state index in [-0.39, 0.29) is 18.0 Å². The van der Waals surface area contributed by atoms with Crippen molar-refractivity contribution in [3.63, 3.8) is 0 Å². The summed E-state index contributed by atoms with van der Waals surface area (Å²) in [6, 6.07) is 7.08. The molecule has 0 aliphatic rings. The van der Waals surface area contributed by atoms with Crippen LogP contribution >= 0.6 is 0 Å². The molecule has 0 aliphatic carbocycles. The highest BCUT2D eigenvalue weighted by atomic mass is 16.2. The number of aryl methyl sites for hydroxylation is 1. The molecule has 0 radical (unpaired) electrons. The molecule has 8 heteroatoms. The normalized spacial score (nSPS) is 12.3. The van der Waals surface area contributed by atoms with E-state index in [0.29, 0.717) is 28.1 Å². The average molecular weight is 312 g/mol. The topological polar surface area (TPSA) is 116 Å². The Labute approximate surface area is 131 Å². The molecule has 0 saturated heterocycles. The maximum absolute atomic E-state index is 12.3. The van der Waals surface area contributed by atoms with Gasteiger partial charge in [-0.15, -0.1) is 0 Å². The van der Waals surface area contributed by atoms with Gasteiger partial charge in [0.25, 0.3) is 5.56 Å². The number of hydrogen-bond acceptors (Lipinski definition) is 5. The minimum atomic E-state index is -0.517. The molecule has 1 amide bonds. The number of nitrogens with one attached hydrogen (secondary N) is 3. The Morgan fingerprint density at radius 3 is 2.65 bits per heavy atom. The van der Waals surface area contributed by atoms with Crippen LogP contribution in [0.5, 0.6) is 0 Å². The van der Waals surface area contributed by atoms with Crippen LogP contribution in [0.2, 0.25) is 0 Å². The predicted octanol–water partition coefficient (Wildman–Crippen LogP) is 0.770. The first kappa shape index (κ1) is 14.9. The van der Waals surface area contributed by atoms with Crippen molar-refractivity contribution in [2.45, 2.75) is 26.3 Å². The Morgan fingerprint density at radius 2 is 1.96 bits per heavy atom. The number of aromatic nitrogens is 5. The minimum Gasteiger partial charge on any atom is -0.348 e. The molecule has 3 rings (SSSR count). The summed E-state index contributed by atoms with van der Waals surface area (Å²) in [5, 5.41) is 17.1. The molecule has 3 N–H and O–H groups in total. The second kappa shape index (κ2) is 5.99. The number of H-pyrrole nitrogens is 2. The fourth-order valence-corrected chi connectivity index (χ4v) is 2.38. The van der Waals surface area contributed by atoms with Crippen molar-refractivity contribution in [1.82, 2.24) is 30.7 Å². The van der Waals surface area contributed by atoms with Gasteiger partial charge in [0.2, 0.25) is 5.91 Å². The number of carbonyl (C=O) groups excluding carboxylic acids is 1. The van der Waals surface area contributed by atoms with Crippen molar-refractivity contribution in [2.24, 2.45) is 0 Å². The Morgan fingerprint density at radius 1 is 1.22 bits per heavy atom. The highest BCUT2D eigenvalue weighted by molar-refractivity contribution is 5.90. The fourth-order valence-electron chi connectivity index (χ4n) is 2.38. The standard InChI is InChI=1S/C15H16N6O2/c1-8(14(22)16-7-12-17-9(2)18-19-12)13-10-5-3-4-6-11(10)15(23)21-20-13/h3-6,8H,7H2,1-2H3,(H,16,22)(H,21,23)(H,17,18,19). The summed E-state index contributed by atoms with van der Waals surface area (Å²) in [4.78, 5) is 28.3. The second-order valence-corrected chi connectivity index (χ2v) is 5.26. The molecule has 1 unspecified atom stereocenters. The van der Waals surface area contributed by atoms with Crippen LogP contribution in [0.3, 0.4) is 0 Å². The molecule has 8 nitrogen and oxygen atoms in total. The summed E-state index contributed by atoms with van der Waals surface area (Å²) < 4.78 is 0. The molecule has 0 bridgehead atoms. The van der Waals surface area contributed by atoms with Gasteiger partial charge in [-0.25, -0.2) is 10.1 Å². The minimum absolute atomic E-state index is 0.211. The number of benzene rings is 1. The van der Waals surface area contributed by atoms with E-state index in [1.165, 1.54) is 0 Å². The molecule has 0 fully saturated rings. The molecule has 1 atom stereocenters. The maximum Gasteiger partial charge on any atom is 0.272 e. The summed E-state index contributed by atoms with van der Waals surface area (Å²) in [5.41, 5.74) is 0.261. The van der Waals surface area contributed by atoms with Crippen molar-refractivity contribution < 1.29 is 4.79 Å². The molecule has 23 heavy (non-hydrogen) atoms. The summed E-state index contributed by atoms with van der Waals surface area (Å²) in [6.45, 7) is 3.76. The van der Waals surface area contributed by atoms with E-state index in [4.69, 9.17) is 0 Å². The van der Waals surface area contributed by atoms with Crippen LogP contribution in [-0.2, 0) is 11.3 Å². The van der Waals surface area contributed by atoms with Crippen LogP contribution in [0.15, 0.2) is 29.1 Å². The van der Waals surface area contributed by atoms with Gasteiger partial charge in [0.05, 0.1) is 23.5 Å². The lowest BCUT2D eigenvalue weighted by Crippen LogP contribution is -2.29. The third kappa shape index (κ3) is 2.96. The van der Waals surface area contributed by atoms with Crippen molar-refractivity contribution in [3.05, 3.63) is 52.0 Å². The number of fused-ring (bicyclic) bond motifs is 1. The maximum atomic E-state index is 12.3. The van der Waals surface area contributed by atoms with Gasteiger partial charge in [0, 0.05) is 5.39 Å². The summed E-state index contributed by atoms with van der Waals surface area (Å²) >= 11 is 0. The van der Waals surface area contributed by atoms with Crippen molar-refractivity contribution >= 4 is 16.7 Å². The van der Waals surface area contributed by atoms with Crippen molar-refractivity contribution in [2.75, 3.05) is 0 Å². The van der Waals surface area contributed by atoms with E-state index >= 15 is 0 Å². The second-order valence-electron chi connectivity index (χ2n) is 5.26. The van der Waals surface area contributed by atoms with Crippen LogP contribution in [-0.4, -0.2) is 31.3 Å². The molecule has 0 saturated carbocycles. The first-order chi connectivity index (χ1) is 11.1. The zero-order valence-electron chi connectivity index (χ0n) is 12.8. The Balaban J connectivity index is 1.82. The van der Waals surface area contributed by atoms with Crippen molar-refractivity contribution in [3.8, 4) is 0 Å². The van der Waals surface area contributed by atoms with Gasteiger partial charge < -0.3 is 5.32 Å². The highest BCUT2D eigenvalue weighted by Crippen LogP contribution is 2.20. The number of aromatic amines is 2. The van der Waals surface area contributed by atoms with Gasteiger partial charge in [-0.05, 0) is 19.9 Å². The Kier molecular flexibility index (Phi) is 3.88. The van der Waals surface area contributed by atoms with Gasteiger partial charge in [-0.3, -0.25) is 14.7 Å². The number of nitrogens with zero attached hydrogens (tertiary/aromatic N) is 3. The van der Waals surface area contributed by atoms with E-state index in [2.05, 4.69) is 30.7 Å². The lowest BCUT2D eigenvalue weighted by atomic mass is 10.0. The van der Waals surface area contributed by atoms with E-state index < -0.39 is 5.92 Å². The molecule has 118 valence electrons. The fraction of sp³-hybridized carbons (Fsp3) is 0.267. The highest BCUT2D eigenvalue weighted by Gasteiger charge is 2.20.